The molecular weight excluding hydrogens is 364 g/mol. The number of pyridine rings is 1. The molecule has 1 saturated heterocycles. The Balaban J connectivity index is 1.34. The number of hydrogen-bond acceptors (Lipinski definition) is 5. The number of benzene rings is 2. The summed E-state index contributed by atoms with van der Waals surface area (Å²) in [5, 5.41) is 3.23. The van der Waals surface area contributed by atoms with Crippen LogP contribution < -0.4 is 15.0 Å². The lowest BCUT2D eigenvalue weighted by Gasteiger charge is -2.36. The van der Waals surface area contributed by atoms with Crippen LogP contribution in [0.25, 0.3) is 0 Å². The van der Waals surface area contributed by atoms with Gasteiger partial charge in [-0.1, -0.05) is 18.2 Å². The minimum atomic E-state index is 0.0261. The lowest BCUT2D eigenvalue weighted by molar-refractivity contribution is 0.0746. The van der Waals surface area contributed by atoms with E-state index >= 15 is 0 Å². The van der Waals surface area contributed by atoms with Crippen LogP contribution in [0.2, 0.25) is 0 Å². The minimum Gasteiger partial charge on any atom is -0.497 e. The summed E-state index contributed by atoms with van der Waals surface area (Å²) in [6, 6.07) is 21.5. The Morgan fingerprint density at radius 2 is 1.66 bits per heavy atom. The van der Waals surface area contributed by atoms with Gasteiger partial charge >= 0.3 is 0 Å². The number of piperazine rings is 1. The van der Waals surface area contributed by atoms with Gasteiger partial charge in [-0.15, -0.1) is 0 Å². The third-order valence-corrected chi connectivity index (χ3v) is 5.06. The van der Waals surface area contributed by atoms with Gasteiger partial charge in [-0.05, 0) is 48.5 Å². The number of carbonyl (C=O) groups is 1. The van der Waals surface area contributed by atoms with Crippen molar-refractivity contribution in [3.8, 4) is 5.75 Å². The molecule has 0 atom stereocenters. The molecule has 148 valence electrons. The first-order chi connectivity index (χ1) is 14.2. The van der Waals surface area contributed by atoms with E-state index in [1.54, 1.807) is 13.3 Å². The van der Waals surface area contributed by atoms with Crippen molar-refractivity contribution in [2.24, 2.45) is 0 Å². The summed E-state index contributed by atoms with van der Waals surface area (Å²) in [4.78, 5) is 21.4. The average Bonchev–Trinajstić information content (AvgIpc) is 2.80. The van der Waals surface area contributed by atoms with Gasteiger partial charge in [-0.3, -0.25) is 4.79 Å². The minimum absolute atomic E-state index is 0.0261. The van der Waals surface area contributed by atoms with E-state index in [-0.39, 0.29) is 5.91 Å². The van der Waals surface area contributed by atoms with Gasteiger partial charge in [-0.2, -0.15) is 0 Å². The first kappa shape index (κ1) is 18.8. The zero-order chi connectivity index (χ0) is 20.1. The Hall–Kier alpha value is -3.54. The highest BCUT2D eigenvalue weighted by atomic mass is 16.5. The molecule has 1 aliphatic rings. The molecule has 1 amide bonds. The van der Waals surface area contributed by atoms with E-state index in [1.807, 2.05) is 59.5 Å². The third kappa shape index (κ3) is 4.48. The van der Waals surface area contributed by atoms with Gasteiger partial charge in [0.25, 0.3) is 5.91 Å². The van der Waals surface area contributed by atoms with Crippen molar-refractivity contribution in [2.45, 2.75) is 0 Å². The molecule has 6 nitrogen and oxygen atoms in total. The highest BCUT2D eigenvalue weighted by molar-refractivity contribution is 5.94. The molecule has 0 radical (unpaired) electrons. The van der Waals surface area contributed by atoms with E-state index in [0.29, 0.717) is 18.7 Å². The largest absolute Gasteiger partial charge is 0.497 e. The fourth-order valence-corrected chi connectivity index (χ4v) is 3.41. The Labute approximate surface area is 170 Å². The van der Waals surface area contributed by atoms with Gasteiger partial charge in [0.1, 0.15) is 11.6 Å². The molecule has 0 bridgehead atoms. The molecule has 1 aliphatic heterocycles. The number of rotatable bonds is 5. The maximum atomic E-state index is 12.8. The lowest BCUT2D eigenvalue weighted by atomic mass is 10.2. The Morgan fingerprint density at radius 1 is 0.931 bits per heavy atom. The molecule has 1 N–H and O–H groups in total. The number of anilines is 3. The zero-order valence-electron chi connectivity index (χ0n) is 16.4. The van der Waals surface area contributed by atoms with Crippen molar-refractivity contribution in [3.63, 3.8) is 0 Å². The number of aromatic nitrogens is 1. The van der Waals surface area contributed by atoms with Crippen LogP contribution in [0.1, 0.15) is 10.4 Å². The number of amides is 1. The second-order valence-corrected chi connectivity index (χ2v) is 6.90. The van der Waals surface area contributed by atoms with Gasteiger partial charge in [0.2, 0.25) is 0 Å². The Kier molecular flexibility index (Phi) is 5.61. The quantitative estimate of drug-likeness (QED) is 0.721. The van der Waals surface area contributed by atoms with Gasteiger partial charge in [0, 0.05) is 43.8 Å². The molecule has 0 spiro atoms. The fourth-order valence-electron chi connectivity index (χ4n) is 3.41. The topological polar surface area (TPSA) is 57.7 Å². The Morgan fingerprint density at radius 3 is 2.28 bits per heavy atom. The lowest BCUT2D eigenvalue weighted by Crippen LogP contribution is -2.48. The van der Waals surface area contributed by atoms with Crippen LogP contribution in [-0.2, 0) is 0 Å². The highest BCUT2D eigenvalue weighted by Gasteiger charge is 2.22. The molecule has 29 heavy (non-hydrogen) atoms. The number of nitrogens with zero attached hydrogens (tertiary/aromatic N) is 3. The van der Waals surface area contributed by atoms with Crippen molar-refractivity contribution in [1.82, 2.24) is 9.88 Å². The number of para-hydroxylation sites is 1. The van der Waals surface area contributed by atoms with Crippen LogP contribution in [0, 0.1) is 0 Å². The summed E-state index contributed by atoms with van der Waals surface area (Å²) in [5.74, 6) is 1.59. The second-order valence-electron chi connectivity index (χ2n) is 6.90. The predicted molar refractivity (Wildman–Crippen MR) is 115 cm³/mol. The molecule has 1 aromatic heterocycles. The van der Waals surface area contributed by atoms with Crippen LogP contribution in [-0.4, -0.2) is 49.1 Å². The molecule has 2 heterocycles. The van der Waals surface area contributed by atoms with Crippen molar-refractivity contribution >= 4 is 23.1 Å². The predicted octanol–water partition coefficient (Wildman–Crippen LogP) is 3.80. The second kappa shape index (κ2) is 8.65. The summed E-state index contributed by atoms with van der Waals surface area (Å²) in [6.07, 6.45) is 1.64. The van der Waals surface area contributed by atoms with E-state index in [2.05, 4.69) is 27.3 Å². The molecule has 1 fully saturated rings. The summed E-state index contributed by atoms with van der Waals surface area (Å²) >= 11 is 0. The van der Waals surface area contributed by atoms with E-state index in [9.17, 15) is 4.79 Å². The van der Waals surface area contributed by atoms with Crippen LogP contribution in [0.5, 0.6) is 5.75 Å². The van der Waals surface area contributed by atoms with E-state index in [0.717, 1.165) is 36.0 Å². The van der Waals surface area contributed by atoms with Crippen molar-refractivity contribution in [1.29, 1.82) is 0 Å². The van der Waals surface area contributed by atoms with Crippen molar-refractivity contribution < 1.29 is 9.53 Å². The summed E-state index contributed by atoms with van der Waals surface area (Å²) in [6.45, 7) is 2.99. The fraction of sp³-hybridized carbons (Fsp3) is 0.217. The van der Waals surface area contributed by atoms with E-state index < -0.39 is 0 Å². The number of methoxy groups -OCH3 is 1. The summed E-state index contributed by atoms with van der Waals surface area (Å²) in [5.41, 5.74) is 2.73. The standard InChI is InChI=1S/C23H24N4O2/c1-29-21-10-8-20(9-11-21)26-13-15-27(16-14-26)23(28)18-7-12-22(24-17-18)25-19-5-3-2-4-6-19/h2-12,17H,13-16H2,1H3,(H,24,25). The molecule has 4 rings (SSSR count). The average molecular weight is 388 g/mol. The number of carbonyl (C=O) groups excluding carboxylic acids is 1. The molecule has 0 aliphatic carbocycles. The summed E-state index contributed by atoms with van der Waals surface area (Å²) in [7, 11) is 1.67. The molecule has 3 aromatic rings. The monoisotopic (exact) mass is 388 g/mol. The smallest absolute Gasteiger partial charge is 0.255 e. The Bertz CT molecular complexity index is 935. The van der Waals surface area contributed by atoms with E-state index in [4.69, 9.17) is 4.74 Å². The van der Waals surface area contributed by atoms with Crippen molar-refractivity contribution in [3.05, 3.63) is 78.5 Å². The SMILES string of the molecule is COc1ccc(N2CCN(C(=O)c3ccc(Nc4ccccc4)nc3)CC2)cc1. The highest BCUT2D eigenvalue weighted by Crippen LogP contribution is 2.21. The summed E-state index contributed by atoms with van der Waals surface area (Å²) < 4.78 is 5.21. The maximum Gasteiger partial charge on any atom is 0.255 e. The molecule has 6 heteroatoms. The van der Waals surface area contributed by atoms with Crippen LogP contribution in [0.4, 0.5) is 17.2 Å². The first-order valence-corrected chi connectivity index (χ1v) is 9.69. The van der Waals surface area contributed by atoms with Crippen molar-refractivity contribution in [2.75, 3.05) is 43.5 Å². The third-order valence-electron chi connectivity index (χ3n) is 5.06. The normalized spacial score (nSPS) is 13.8. The molecule has 2 aromatic carbocycles. The number of ether oxygens (including phenoxy) is 1. The van der Waals surface area contributed by atoms with Gasteiger partial charge in [0.15, 0.2) is 0 Å². The maximum absolute atomic E-state index is 12.8. The zero-order valence-corrected chi connectivity index (χ0v) is 16.4. The number of nitrogens with one attached hydrogen (secondary N) is 1. The first-order valence-electron chi connectivity index (χ1n) is 9.69. The van der Waals surface area contributed by atoms with Crippen LogP contribution in [0.3, 0.4) is 0 Å². The molecule has 0 saturated carbocycles. The van der Waals surface area contributed by atoms with Crippen LogP contribution >= 0.6 is 0 Å². The van der Waals surface area contributed by atoms with Gasteiger partial charge in [0.05, 0.1) is 12.7 Å². The van der Waals surface area contributed by atoms with Gasteiger partial charge < -0.3 is 19.9 Å². The molecular formula is C23H24N4O2. The van der Waals surface area contributed by atoms with Crippen LogP contribution in [0.15, 0.2) is 72.9 Å². The molecule has 0 unspecified atom stereocenters. The van der Waals surface area contributed by atoms with E-state index in [1.165, 1.54) is 0 Å². The van der Waals surface area contributed by atoms with Gasteiger partial charge in [-0.25, -0.2) is 4.98 Å². The number of hydrogen-bond donors (Lipinski definition) is 1.